The average molecular weight is 407 g/mol. The largest absolute Gasteiger partial charge is 0.450 e. The lowest BCUT2D eigenvalue weighted by Crippen LogP contribution is -2.26. The summed E-state index contributed by atoms with van der Waals surface area (Å²) in [6.07, 6.45) is 16.3. The van der Waals surface area contributed by atoms with Crippen molar-refractivity contribution in [2.24, 2.45) is 0 Å². The minimum absolute atomic E-state index is 0.355. The summed E-state index contributed by atoms with van der Waals surface area (Å²) in [6.45, 7) is 4.11. The number of nitrogens with zero attached hydrogens (tertiary/aromatic N) is 2. The Morgan fingerprint density at radius 3 is 2.27 bits per heavy atom. The van der Waals surface area contributed by atoms with Crippen LogP contribution in [0.4, 0.5) is 0 Å². The molecular formula is C25H30N2O3. The van der Waals surface area contributed by atoms with Gasteiger partial charge in [0.15, 0.2) is 11.9 Å². The number of rotatable bonds is 12. The number of benzene rings is 1. The Morgan fingerprint density at radius 2 is 1.67 bits per heavy atom. The molecular weight excluding hydrogens is 376 g/mol. The number of aryl methyl sites for hydroxylation is 1. The first kappa shape index (κ1) is 23.3. The highest BCUT2D eigenvalue weighted by molar-refractivity contribution is 6.00. The number of Topliss-reactive ketones (excluding diaryl/α,β-unsaturated/α-hetero) is 1. The topological polar surface area (TPSA) is 69.2 Å². The van der Waals surface area contributed by atoms with Crippen LogP contribution in [0.25, 0.3) is 11.4 Å². The van der Waals surface area contributed by atoms with Gasteiger partial charge in [-0.25, -0.2) is 14.8 Å². The molecule has 5 nitrogen and oxygen atoms in total. The van der Waals surface area contributed by atoms with Gasteiger partial charge in [0, 0.05) is 18.0 Å². The van der Waals surface area contributed by atoms with E-state index in [-0.39, 0.29) is 0 Å². The second kappa shape index (κ2) is 12.5. The monoisotopic (exact) mass is 406 g/mol. The van der Waals surface area contributed by atoms with Crippen LogP contribution in [0.5, 0.6) is 0 Å². The van der Waals surface area contributed by atoms with Crippen LogP contribution < -0.4 is 0 Å². The molecule has 0 saturated heterocycles. The van der Waals surface area contributed by atoms with Gasteiger partial charge in [-0.05, 0) is 42.9 Å². The molecule has 0 radical (unpaired) electrons. The molecule has 0 aliphatic rings. The number of ketones is 1. The van der Waals surface area contributed by atoms with Crippen molar-refractivity contribution in [2.45, 2.75) is 71.3 Å². The van der Waals surface area contributed by atoms with E-state index in [1.165, 1.54) is 25.7 Å². The number of carbonyl (C=O) groups is 2. The highest BCUT2D eigenvalue weighted by Gasteiger charge is 2.21. The zero-order valence-electron chi connectivity index (χ0n) is 17.9. The number of terminal acetylenes is 1. The average Bonchev–Trinajstić information content (AvgIpc) is 2.78. The normalized spacial score (nSPS) is 11.5. The van der Waals surface area contributed by atoms with Crippen LogP contribution in [0.1, 0.15) is 74.7 Å². The van der Waals surface area contributed by atoms with Crippen LogP contribution in [-0.2, 0) is 16.0 Å². The van der Waals surface area contributed by atoms with E-state index >= 15 is 0 Å². The van der Waals surface area contributed by atoms with Crippen LogP contribution in [0, 0.1) is 12.3 Å². The number of hydrogen-bond acceptors (Lipinski definition) is 5. The highest BCUT2D eigenvalue weighted by Crippen LogP contribution is 2.17. The van der Waals surface area contributed by atoms with Gasteiger partial charge >= 0.3 is 5.97 Å². The first-order valence-corrected chi connectivity index (χ1v) is 10.7. The first-order valence-electron chi connectivity index (χ1n) is 10.7. The lowest BCUT2D eigenvalue weighted by atomic mass is 10.1. The van der Waals surface area contributed by atoms with Crippen molar-refractivity contribution in [3.63, 3.8) is 0 Å². The fraction of sp³-hybridized carbons (Fsp3) is 0.440. The third-order valence-electron chi connectivity index (χ3n) is 4.89. The Kier molecular flexibility index (Phi) is 9.73. The van der Waals surface area contributed by atoms with Gasteiger partial charge in [-0.1, -0.05) is 58.1 Å². The van der Waals surface area contributed by atoms with Crippen LogP contribution in [-0.4, -0.2) is 27.8 Å². The Hall–Kier alpha value is -3.00. The van der Waals surface area contributed by atoms with Gasteiger partial charge in [0.05, 0.1) is 5.56 Å². The van der Waals surface area contributed by atoms with Crippen molar-refractivity contribution < 1.29 is 14.3 Å². The number of carbonyl (C=O) groups excluding carboxylic acids is 2. The molecule has 0 amide bonds. The summed E-state index contributed by atoms with van der Waals surface area (Å²) in [5, 5.41) is 0. The van der Waals surface area contributed by atoms with Gasteiger partial charge in [0.25, 0.3) is 0 Å². The standard InChI is InChI=1S/C25H30N2O3/c1-4-7-8-9-10-12-19-17-26-24(27-18-19)20-13-15-21(16-14-20)25(29)30-23(11-5-2)22(28)6-3/h3,13-18,23H,4-5,7-12H2,1-2H3. The maximum Gasteiger partial charge on any atom is 0.338 e. The molecule has 2 rings (SSSR count). The highest BCUT2D eigenvalue weighted by atomic mass is 16.5. The molecule has 1 aromatic heterocycles. The van der Waals surface area contributed by atoms with Crippen molar-refractivity contribution in [1.82, 2.24) is 9.97 Å². The van der Waals surface area contributed by atoms with Crippen molar-refractivity contribution >= 4 is 11.8 Å². The summed E-state index contributed by atoms with van der Waals surface area (Å²) in [5.74, 6) is 1.56. The summed E-state index contributed by atoms with van der Waals surface area (Å²) in [4.78, 5) is 33.0. The van der Waals surface area contributed by atoms with E-state index in [4.69, 9.17) is 11.2 Å². The smallest absolute Gasteiger partial charge is 0.338 e. The van der Waals surface area contributed by atoms with E-state index in [1.807, 2.05) is 25.2 Å². The molecule has 0 aliphatic heterocycles. The molecule has 1 heterocycles. The molecule has 1 unspecified atom stereocenters. The molecule has 158 valence electrons. The van der Waals surface area contributed by atoms with E-state index < -0.39 is 17.9 Å². The van der Waals surface area contributed by atoms with E-state index in [0.29, 0.717) is 24.2 Å². The van der Waals surface area contributed by atoms with Gasteiger partial charge in [0.2, 0.25) is 5.78 Å². The third-order valence-corrected chi connectivity index (χ3v) is 4.89. The van der Waals surface area contributed by atoms with Gasteiger partial charge < -0.3 is 4.74 Å². The molecule has 1 aromatic carbocycles. The molecule has 1 atom stereocenters. The van der Waals surface area contributed by atoms with Crippen molar-refractivity contribution in [1.29, 1.82) is 0 Å². The Balaban J connectivity index is 1.95. The molecule has 0 bridgehead atoms. The Morgan fingerprint density at radius 1 is 1.00 bits per heavy atom. The summed E-state index contributed by atoms with van der Waals surface area (Å²) in [6, 6.07) is 6.83. The number of ether oxygens (including phenoxy) is 1. The van der Waals surface area contributed by atoms with Crippen LogP contribution >= 0.6 is 0 Å². The number of hydrogen-bond donors (Lipinski definition) is 0. The lowest BCUT2D eigenvalue weighted by molar-refractivity contribution is -0.122. The SMILES string of the molecule is C#CC(=O)C(CCC)OC(=O)c1ccc(-c2ncc(CCCCCCC)cn2)cc1. The van der Waals surface area contributed by atoms with Crippen molar-refractivity contribution in [2.75, 3.05) is 0 Å². The van der Waals surface area contributed by atoms with E-state index in [0.717, 1.165) is 24.0 Å². The zero-order chi connectivity index (χ0) is 21.8. The minimum atomic E-state index is -0.898. The van der Waals surface area contributed by atoms with Gasteiger partial charge in [0.1, 0.15) is 0 Å². The number of unbranched alkanes of at least 4 members (excludes halogenated alkanes) is 4. The van der Waals surface area contributed by atoms with Crippen molar-refractivity contribution in [3.05, 3.63) is 47.8 Å². The maximum atomic E-state index is 12.3. The van der Waals surface area contributed by atoms with Crippen molar-refractivity contribution in [3.8, 4) is 23.7 Å². The second-order valence-electron chi connectivity index (χ2n) is 7.35. The predicted octanol–water partition coefficient (Wildman–Crippen LogP) is 5.18. The molecule has 0 aliphatic carbocycles. The van der Waals surface area contributed by atoms with E-state index in [9.17, 15) is 9.59 Å². The fourth-order valence-electron chi connectivity index (χ4n) is 3.12. The summed E-state index contributed by atoms with van der Waals surface area (Å²) < 4.78 is 5.29. The molecule has 30 heavy (non-hydrogen) atoms. The lowest BCUT2D eigenvalue weighted by Gasteiger charge is -2.13. The Labute approximate surface area is 179 Å². The van der Waals surface area contributed by atoms with Gasteiger partial charge in [-0.3, -0.25) is 4.79 Å². The minimum Gasteiger partial charge on any atom is -0.450 e. The van der Waals surface area contributed by atoms with E-state index in [2.05, 4.69) is 16.9 Å². The molecule has 0 spiro atoms. The fourth-order valence-corrected chi connectivity index (χ4v) is 3.12. The van der Waals surface area contributed by atoms with Crippen LogP contribution in [0.3, 0.4) is 0 Å². The number of esters is 1. The molecule has 5 heteroatoms. The second-order valence-corrected chi connectivity index (χ2v) is 7.35. The van der Waals surface area contributed by atoms with Gasteiger partial charge in [-0.15, -0.1) is 6.42 Å². The first-order chi connectivity index (χ1) is 14.6. The maximum absolute atomic E-state index is 12.3. The molecule has 0 N–H and O–H groups in total. The molecule has 0 fully saturated rings. The van der Waals surface area contributed by atoms with Gasteiger partial charge in [-0.2, -0.15) is 0 Å². The Bertz CT molecular complexity index is 851. The van der Waals surface area contributed by atoms with E-state index in [1.54, 1.807) is 24.3 Å². The summed E-state index contributed by atoms with van der Waals surface area (Å²) in [5.41, 5.74) is 2.30. The quantitative estimate of drug-likeness (QED) is 0.210. The summed E-state index contributed by atoms with van der Waals surface area (Å²) >= 11 is 0. The predicted molar refractivity (Wildman–Crippen MR) is 118 cm³/mol. The number of aromatic nitrogens is 2. The molecule has 0 saturated carbocycles. The third kappa shape index (κ3) is 7.11. The molecule has 2 aromatic rings. The van der Waals surface area contributed by atoms with Crippen LogP contribution in [0.15, 0.2) is 36.7 Å². The zero-order valence-corrected chi connectivity index (χ0v) is 17.9. The van der Waals surface area contributed by atoms with Crippen LogP contribution in [0.2, 0.25) is 0 Å². The summed E-state index contributed by atoms with van der Waals surface area (Å²) in [7, 11) is 0.